The van der Waals surface area contributed by atoms with Crippen LogP contribution in [0.2, 0.25) is 5.02 Å². The van der Waals surface area contributed by atoms with Crippen LogP contribution in [0.1, 0.15) is 40.0 Å². The monoisotopic (exact) mass is 597 g/mol. The second-order valence-corrected chi connectivity index (χ2v) is 11.1. The van der Waals surface area contributed by atoms with Crippen molar-refractivity contribution in [2.45, 2.75) is 29.7 Å². The Bertz CT molecular complexity index is 1550. The third-order valence-corrected chi connectivity index (χ3v) is 8.87. The van der Waals surface area contributed by atoms with E-state index in [0.29, 0.717) is 24.7 Å². The second kappa shape index (κ2) is 11.7. The third-order valence-electron chi connectivity index (χ3n) is 7.40. The first-order valence-electron chi connectivity index (χ1n) is 13.3. The van der Waals surface area contributed by atoms with E-state index in [4.69, 9.17) is 30.5 Å². The van der Waals surface area contributed by atoms with Gasteiger partial charge in [0.05, 0.1) is 19.8 Å². The van der Waals surface area contributed by atoms with Gasteiger partial charge in [-0.1, -0.05) is 41.9 Å². The number of carbonyl (C=O) groups excluding carboxylic acids is 2. The molecule has 3 aromatic rings. The molecule has 0 bridgehead atoms. The van der Waals surface area contributed by atoms with Gasteiger partial charge in [-0.3, -0.25) is 19.3 Å². The molecule has 0 radical (unpaired) electrons. The average Bonchev–Trinajstić information content (AvgIpc) is 3.14. The summed E-state index contributed by atoms with van der Waals surface area (Å²) in [6, 6.07) is 15.6. The molecule has 2 aromatic carbocycles. The summed E-state index contributed by atoms with van der Waals surface area (Å²) in [6.45, 7) is 2.62. The summed E-state index contributed by atoms with van der Waals surface area (Å²) < 4.78 is 22.8. The predicted octanol–water partition coefficient (Wildman–Crippen LogP) is 4.20. The van der Waals surface area contributed by atoms with Gasteiger partial charge >= 0.3 is 6.16 Å². The first kappa shape index (κ1) is 27.5. The Hall–Kier alpha value is -3.67. The highest BCUT2D eigenvalue weighted by atomic mass is 35.5. The van der Waals surface area contributed by atoms with Gasteiger partial charge in [-0.25, -0.2) is 4.79 Å². The Labute approximate surface area is 245 Å². The molecule has 6 rings (SSSR count). The minimum absolute atomic E-state index is 0.0544. The number of benzene rings is 2. The number of hydrogen-bond acceptors (Lipinski definition) is 9. The minimum Gasteiger partial charge on any atom is -0.451 e. The molecule has 1 aromatic heterocycles. The lowest BCUT2D eigenvalue weighted by atomic mass is 9.88. The van der Waals surface area contributed by atoms with Crippen molar-refractivity contribution in [3.05, 3.63) is 92.4 Å². The topological polar surface area (TPSA) is 99.5 Å². The number of fused-ring (bicyclic) bond motifs is 4. The molecular formula is C29H28ClN3O7S. The summed E-state index contributed by atoms with van der Waals surface area (Å²) in [5, 5.41) is 2.70. The first-order valence-corrected chi connectivity index (χ1v) is 14.7. The molecule has 41 heavy (non-hydrogen) atoms. The van der Waals surface area contributed by atoms with Crippen LogP contribution in [0.25, 0.3) is 0 Å². The molecule has 214 valence electrons. The zero-order chi connectivity index (χ0) is 28.5. The zero-order valence-electron chi connectivity index (χ0n) is 22.3. The zero-order valence-corrected chi connectivity index (χ0v) is 23.9. The fraction of sp³-hybridized carbons (Fsp3) is 0.345. The number of pyridine rings is 1. The highest BCUT2D eigenvalue weighted by Crippen LogP contribution is 2.44. The molecule has 2 atom stereocenters. The number of amides is 1. The van der Waals surface area contributed by atoms with Crippen molar-refractivity contribution >= 4 is 35.4 Å². The number of halogens is 1. The Morgan fingerprint density at radius 1 is 1.12 bits per heavy atom. The standard InChI is InChI=1S/C29H28ClN3O7S/c1-2-38-29(36)40-17-39-27-22(34)10-11-32-26(27)28(35)31-12-13-37-15-24(31)33(32)14-20-19-7-3-4-9-23(19)41-16-18-6-5-8-21(30)25(18)20/h3-11,20,24H,2,12-17H2,1H3/t20-,24-/m1/s1. The van der Waals surface area contributed by atoms with E-state index in [9.17, 15) is 14.4 Å². The number of thioether (sulfide) groups is 1. The van der Waals surface area contributed by atoms with Gasteiger partial charge in [0.1, 0.15) is 6.17 Å². The van der Waals surface area contributed by atoms with Crippen LogP contribution >= 0.6 is 23.4 Å². The Kier molecular flexibility index (Phi) is 7.83. The number of ether oxygens (including phenoxy) is 4. The van der Waals surface area contributed by atoms with Crippen molar-refractivity contribution in [2.75, 3.05) is 44.7 Å². The molecule has 0 unspecified atom stereocenters. The van der Waals surface area contributed by atoms with Crippen molar-refractivity contribution in [2.24, 2.45) is 0 Å². The summed E-state index contributed by atoms with van der Waals surface area (Å²) in [5.74, 6) is 0.0637. The Balaban J connectivity index is 1.44. The molecule has 1 fully saturated rings. The lowest BCUT2D eigenvalue weighted by molar-refractivity contribution is -0.0188. The Morgan fingerprint density at radius 2 is 1.98 bits per heavy atom. The highest BCUT2D eigenvalue weighted by molar-refractivity contribution is 7.98. The van der Waals surface area contributed by atoms with Gasteiger partial charge in [-0.15, -0.1) is 11.8 Å². The predicted molar refractivity (Wildman–Crippen MR) is 152 cm³/mol. The fourth-order valence-electron chi connectivity index (χ4n) is 5.60. The van der Waals surface area contributed by atoms with Crippen LogP contribution in [0.3, 0.4) is 0 Å². The largest absolute Gasteiger partial charge is 0.511 e. The van der Waals surface area contributed by atoms with Gasteiger partial charge in [-0.05, 0) is 35.7 Å². The van der Waals surface area contributed by atoms with Gasteiger partial charge in [-0.2, -0.15) is 0 Å². The van der Waals surface area contributed by atoms with Gasteiger partial charge in [0.25, 0.3) is 5.91 Å². The van der Waals surface area contributed by atoms with Crippen LogP contribution in [0, 0.1) is 0 Å². The number of aromatic nitrogens is 1. The number of morpholine rings is 1. The molecule has 10 nitrogen and oxygen atoms in total. The average molecular weight is 598 g/mol. The van der Waals surface area contributed by atoms with Crippen molar-refractivity contribution < 1.29 is 28.5 Å². The van der Waals surface area contributed by atoms with E-state index in [1.54, 1.807) is 34.5 Å². The van der Waals surface area contributed by atoms with Gasteiger partial charge in [0.15, 0.2) is 5.69 Å². The van der Waals surface area contributed by atoms with E-state index in [1.807, 2.05) is 29.3 Å². The third kappa shape index (κ3) is 5.13. The second-order valence-electron chi connectivity index (χ2n) is 9.66. The van der Waals surface area contributed by atoms with Crippen LogP contribution < -0.4 is 15.2 Å². The molecule has 0 aliphatic carbocycles. The van der Waals surface area contributed by atoms with Gasteiger partial charge < -0.3 is 23.8 Å². The molecule has 3 aliphatic heterocycles. The number of hydrogen-bond donors (Lipinski definition) is 0. The van der Waals surface area contributed by atoms with Crippen molar-refractivity contribution in [1.82, 2.24) is 9.58 Å². The molecule has 4 heterocycles. The van der Waals surface area contributed by atoms with Crippen molar-refractivity contribution in [3.63, 3.8) is 0 Å². The molecule has 1 amide bonds. The molecule has 3 aliphatic rings. The normalized spacial score (nSPS) is 19.3. The van der Waals surface area contributed by atoms with Crippen LogP contribution in [0.4, 0.5) is 4.79 Å². The van der Waals surface area contributed by atoms with Crippen LogP contribution in [-0.2, 0) is 20.0 Å². The number of rotatable bonds is 6. The van der Waals surface area contributed by atoms with Crippen LogP contribution in [0.15, 0.2) is 64.4 Å². The minimum atomic E-state index is -0.931. The lowest BCUT2D eigenvalue weighted by Crippen LogP contribution is -2.66. The SMILES string of the molecule is CCOC(=O)OCOc1c2n(ccc1=O)N(C[C@@H]1c3ccccc3SCc3cccc(Cl)c31)[C@@H]1COCCN1C2=O. The quantitative estimate of drug-likeness (QED) is 0.306. The maximum Gasteiger partial charge on any atom is 0.511 e. The van der Waals surface area contributed by atoms with Crippen LogP contribution in [-0.4, -0.2) is 67.5 Å². The molecule has 0 N–H and O–H groups in total. The molecule has 0 spiro atoms. The maximum atomic E-state index is 13.8. The van der Waals surface area contributed by atoms with Gasteiger partial charge in [0, 0.05) is 46.9 Å². The van der Waals surface area contributed by atoms with E-state index in [1.165, 1.54) is 6.07 Å². The number of carbonyl (C=O) groups is 2. The van der Waals surface area contributed by atoms with Crippen molar-refractivity contribution in [1.29, 1.82) is 0 Å². The summed E-state index contributed by atoms with van der Waals surface area (Å²) in [6.07, 6.45) is 0.216. The van der Waals surface area contributed by atoms with E-state index >= 15 is 0 Å². The first-order chi connectivity index (χ1) is 20.0. The molecule has 0 saturated carbocycles. The summed E-state index contributed by atoms with van der Waals surface area (Å²) in [5.41, 5.74) is 2.86. The molecular weight excluding hydrogens is 570 g/mol. The maximum absolute atomic E-state index is 13.8. The summed E-state index contributed by atoms with van der Waals surface area (Å²) >= 11 is 8.64. The van der Waals surface area contributed by atoms with E-state index in [-0.39, 0.29) is 36.5 Å². The van der Waals surface area contributed by atoms with Crippen molar-refractivity contribution in [3.8, 4) is 5.75 Å². The highest BCUT2D eigenvalue weighted by Gasteiger charge is 2.43. The fourth-order valence-corrected chi connectivity index (χ4v) is 7.04. The van der Waals surface area contributed by atoms with E-state index in [0.717, 1.165) is 27.3 Å². The summed E-state index contributed by atoms with van der Waals surface area (Å²) in [4.78, 5) is 41.3. The molecule has 1 saturated heterocycles. The smallest absolute Gasteiger partial charge is 0.451 e. The van der Waals surface area contributed by atoms with E-state index < -0.39 is 24.5 Å². The van der Waals surface area contributed by atoms with E-state index in [2.05, 4.69) is 18.2 Å². The summed E-state index contributed by atoms with van der Waals surface area (Å²) in [7, 11) is 0. The number of nitrogens with zero attached hydrogens (tertiary/aromatic N) is 3. The lowest BCUT2D eigenvalue weighted by Gasteiger charge is -2.49. The Morgan fingerprint density at radius 3 is 2.83 bits per heavy atom. The molecule has 12 heteroatoms. The van der Waals surface area contributed by atoms with Crippen LogP contribution in [0.5, 0.6) is 5.75 Å². The van der Waals surface area contributed by atoms with Gasteiger partial charge in [0.2, 0.25) is 18.0 Å².